The van der Waals surface area contributed by atoms with Crippen LogP contribution in [0.4, 0.5) is 0 Å². The van der Waals surface area contributed by atoms with E-state index >= 15 is 0 Å². The Morgan fingerprint density at radius 3 is 2.65 bits per heavy atom. The van der Waals surface area contributed by atoms with Gasteiger partial charge in [-0.1, -0.05) is 12.2 Å². The minimum absolute atomic E-state index is 0.0722. The van der Waals surface area contributed by atoms with Gasteiger partial charge in [0.15, 0.2) is 0 Å². The van der Waals surface area contributed by atoms with Crippen molar-refractivity contribution >= 4 is 12.0 Å². The summed E-state index contributed by atoms with van der Waals surface area (Å²) in [4.78, 5) is 12.3. The number of carbonyl (C=O) groups excluding carboxylic acids is 1. The predicted molar refractivity (Wildman–Crippen MR) is 87.4 cm³/mol. The topological polar surface area (TPSA) is 87.0 Å². The Morgan fingerprint density at radius 1 is 1.13 bits per heavy atom. The van der Waals surface area contributed by atoms with E-state index < -0.39 is 5.97 Å². The molecule has 0 fully saturated rings. The summed E-state index contributed by atoms with van der Waals surface area (Å²) < 4.78 is 5.38. The number of fused-ring (bicyclic) bond motifs is 1. The van der Waals surface area contributed by atoms with Crippen LogP contribution in [0.2, 0.25) is 0 Å². The molecule has 0 saturated heterocycles. The average molecular weight is 320 g/mol. The second-order valence-corrected chi connectivity index (χ2v) is 6.06. The van der Waals surface area contributed by atoms with Crippen molar-refractivity contribution in [3.63, 3.8) is 0 Å². The molecule has 0 bridgehead atoms. The number of hydrogen-bond acceptors (Lipinski definition) is 5. The molecule has 0 saturated carbocycles. The van der Waals surface area contributed by atoms with Gasteiger partial charge in [0.05, 0.1) is 12.2 Å². The molecule has 1 heterocycles. The van der Waals surface area contributed by atoms with E-state index in [0.717, 1.165) is 31.7 Å². The number of hydrogen-bond donors (Lipinski definition) is 3. The van der Waals surface area contributed by atoms with E-state index in [0.29, 0.717) is 18.4 Å². The summed E-state index contributed by atoms with van der Waals surface area (Å²) in [7, 11) is 0. The second-order valence-electron chi connectivity index (χ2n) is 6.06. The molecule has 3 N–H and O–H groups in total. The Labute approximate surface area is 136 Å². The highest BCUT2D eigenvalue weighted by atomic mass is 16.5. The number of cyclic esters (lactones) is 1. The van der Waals surface area contributed by atoms with Crippen molar-refractivity contribution in [1.29, 1.82) is 0 Å². The summed E-state index contributed by atoms with van der Waals surface area (Å²) in [6, 6.07) is 2.57. The zero-order valence-corrected chi connectivity index (χ0v) is 13.4. The number of allylic oxidation sites excluding steroid dienone is 1. The van der Waals surface area contributed by atoms with Gasteiger partial charge in [0.1, 0.15) is 17.1 Å². The molecular formula is C18H24O5. The third-order valence-electron chi connectivity index (χ3n) is 4.00. The standard InChI is InChI=1S/C18H24O5/c1-12-6-5-9-14(19)8-4-2-3-7-13-10-15(20)11-16(21)17(13)18(22)23-12/h3,7,10-12,14,19-21H,2,4-6,8-9H2,1H3/b7-3-/t12-,14-/m0/s1. The SMILES string of the molecule is C[C@H]1CCC[C@@H](O)CCC/C=C\c2cc(O)cc(O)c2C(=O)O1. The fourth-order valence-corrected chi connectivity index (χ4v) is 2.75. The van der Waals surface area contributed by atoms with Gasteiger partial charge in [0.25, 0.3) is 0 Å². The van der Waals surface area contributed by atoms with Crippen molar-refractivity contribution in [3.8, 4) is 11.5 Å². The van der Waals surface area contributed by atoms with Crippen LogP contribution in [0, 0.1) is 0 Å². The van der Waals surface area contributed by atoms with Gasteiger partial charge in [-0.25, -0.2) is 4.79 Å². The molecule has 126 valence electrons. The quantitative estimate of drug-likeness (QED) is 0.638. The molecular weight excluding hydrogens is 296 g/mol. The van der Waals surface area contributed by atoms with Crippen molar-refractivity contribution in [1.82, 2.24) is 0 Å². The number of aliphatic hydroxyl groups excluding tert-OH is 1. The first-order chi connectivity index (χ1) is 11.0. The molecule has 1 aliphatic rings. The Kier molecular flexibility index (Phi) is 6.04. The summed E-state index contributed by atoms with van der Waals surface area (Å²) in [5.41, 5.74) is 0.500. The molecule has 0 aliphatic carbocycles. The summed E-state index contributed by atoms with van der Waals surface area (Å²) >= 11 is 0. The molecule has 1 aliphatic heterocycles. The minimum Gasteiger partial charge on any atom is -0.508 e. The second kappa shape index (κ2) is 8.02. The van der Waals surface area contributed by atoms with E-state index in [1.54, 1.807) is 13.0 Å². The van der Waals surface area contributed by atoms with Crippen LogP contribution in [0.5, 0.6) is 11.5 Å². The molecule has 0 amide bonds. The van der Waals surface area contributed by atoms with E-state index in [9.17, 15) is 20.1 Å². The normalized spacial score (nSPS) is 25.0. The first-order valence-electron chi connectivity index (χ1n) is 8.09. The Bertz CT molecular complexity index is 579. The molecule has 0 unspecified atom stereocenters. The lowest BCUT2D eigenvalue weighted by atomic mass is 10.0. The maximum Gasteiger partial charge on any atom is 0.342 e. The molecule has 0 radical (unpaired) electrons. The number of aromatic hydroxyl groups is 2. The minimum atomic E-state index is -0.604. The van der Waals surface area contributed by atoms with Gasteiger partial charge in [-0.2, -0.15) is 0 Å². The highest BCUT2D eigenvalue weighted by molar-refractivity contribution is 5.97. The number of ether oxygens (including phenoxy) is 1. The van der Waals surface area contributed by atoms with E-state index in [4.69, 9.17) is 4.74 Å². The third kappa shape index (κ3) is 4.99. The van der Waals surface area contributed by atoms with Gasteiger partial charge < -0.3 is 20.1 Å². The fourth-order valence-electron chi connectivity index (χ4n) is 2.75. The Balaban J connectivity index is 2.30. The van der Waals surface area contributed by atoms with Crippen molar-refractivity contribution in [2.45, 2.75) is 57.7 Å². The summed E-state index contributed by atoms with van der Waals surface area (Å²) in [6.45, 7) is 1.79. The molecule has 5 nitrogen and oxygen atoms in total. The maximum absolute atomic E-state index is 12.3. The van der Waals surface area contributed by atoms with Gasteiger partial charge >= 0.3 is 5.97 Å². The highest BCUT2D eigenvalue weighted by Gasteiger charge is 2.20. The van der Waals surface area contributed by atoms with Crippen molar-refractivity contribution in [2.75, 3.05) is 0 Å². The number of benzene rings is 1. The number of phenolic OH excluding ortho intramolecular Hbond substituents is 2. The van der Waals surface area contributed by atoms with Crippen LogP contribution in [-0.2, 0) is 4.74 Å². The van der Waals surface area contributed by atoms with Crippen LogP contribution in [0.3, 0.4) is 0 Å². The summed E-state index contributed by atoms with van der Waals surface area (Å²) in [5, 5.41) is 29.5. The number of aliphatic hydroxyl groups is 1. The Hall–Kier alpha value is -2.01. The number of carbonyl (C=O) groups is 1. The zero-order valence-electron chi connectivity index (χ0n) is 13.4. The number of esters is 1. The molecule has 0 spiro atoms. The third-order valence-corrected chi connectivity index (χ3v) is 4.00. The highest BCUT2D eigenvalue weighted by Crippen LogP contribution is 2.30. The molecule has 1 aromatic carbocycles. The van der Waals surface area contributed by atoms with Gasteiger partial charge in [-0.05, 0) is 57.1 Å². The molecule has 2 atom stereocenters. The molecule has 0 aromatic heterocycles. The molecule has 1 aromatic rings. The largest absolute Gasteiger partial charge is 0.508 e. The van der Waals surface area contributed by atoms with Crippen molar-refractivity contribution in [2.24, 2.45) is 0 Å². The number of phenols is 2. The first kappa shape index (κ1) is 17.3. The summed E-state index contributed by atoms with van der Waals surface area (Å²) in [6.07, 6.45) is 7.39. The van der Waals surface area contributed by atoms with Crippen LogP contribution in [0.15, 0.2) is 18.2 Å². The molecule has 2 rings (SSSR count). The average Bonchev–Trinajstić information content (AvgIpc) is 2.45. The van der Waals surface area contributed by atoms with E-state index in [1.807, 2.05) is 6.08 Å². The van der Waals surface area contributed by atoms with E-state index in [-0.39, 0.29) is 29.3 Å². The smallest absolute Gasteiger partial charge is 0.342 e. The van der Waals surface area contributed by atoms with Crippen LogP contribution in [-0.4, -0.2) is 33.5 Å². The van der Waals surface area contributed by atoms with Crippen LogP contribution >= 0.6 is 0 Å². The van der Waals surface area contributed by atoms with E-state index in [2.05, 4.69) is 0 Å². The molecule has 23 heavy (non-hydrogen) atoms. The van der Waals surface area contributed by atoms with Gasteiger partial charge in [0, 0.05) is 6.07 Å². The first-order valence-corrected chi connectivity index (χ1v) is 8.09. The van der Waals surface area contributed by atoms with Crippen LogP contribution < -0.4 is 0 Å². The lowest BCUT2D eigenvalue weighted by Gasteiger charge is -2.17. The van der Waals surface area contributed by atoms with Gasteiger partial charge in [-0.3, -0.25) is 0 Å². The number of rotatable bonds is 0. The van der Waals surface area contributed by atoms with Crippen molar-refractivity contribution < 1.29 is 24.9 Å². The predicted octanol–water partition coefficient (Wildman–Crippen LogP) is 3.37. The molecule has 5 heteroatoms. The lowest BCUT2D eigenvalue weighted by Crippen LogP contribution is -2.17. The maximum atomic E-state index is 12.3. The lowest BCUT2D eigenvalue weighted by molar-refractivity contribution is 0.0307. The van der Waals surface area contributed by atoms with Gasteiger partial charge in [-0.15, -0.1) is 0 Å². The van der Waals surface area contributed by atoms with Crippen LogP contribution in [0.1, 0.15) is 61.4 Å². The van der Waals surface area contributed by atoms with Crippen LogP contribution in [0.25, 0.3) is 6.08 Å². The fraction of sp³-hybridized carbons (Fsp3) is 0.500. The summed E-state index contributed by atoms with van der Waals surface area (Å²) in [5.74, 6) is -1.00. The van der Waals surface area contributed by atoms with E-state index in [1.165, 1.54) is 6.07 Å². The Morgan fingerprint density at radius 2 is 1.87 bits per heavy atom. The monoisotopic (exact) mass is 320 g/mol. The zero-order chi connectivity index (χ0) is 16.8. The van der Waals surface area contributed by atoms with Crippen molar-refractivity contribution in [3.05, 3.63) is 29.3 Å². The van der Waals surface area contributed by atoms with Gasteiger partial charge in [0.2, 0.25) is 0 Å².